The molecule has 1 aromatic heterocycles. The molecule has 3 rings (SSSR count). The van der Waals surface area contributed by atoms with Crippen molar-refractivity contribution in [1.29, 1.82) is 0 Å². The van der Waals surface area contributed by atoms with E-state index in [9.17, 15) is 21.6 Å². The zero-order chi connectivity index (χ0) is 18.4. The van der Waals surface area contributed by atoms with Gasteiger partial charge in [0.1, 0.15) is 0 Å². The van der Waals surface area contributed by atoms with E-state index in [2.05, 4.69) is 4.98 Å². The van der Waals surface area contributed by atoms with Gasteiger partial charge in [-0.25, -0.2) is 12.7 Å². The molecule has 0 saturated heterocycles. The highest BCUT2D eigenvalue weighted by atomic mass is 32.2. The highest BCUT2D eigenvalue weighted by Crippen LogP contribution is 2.38. The number of fused-ring (bicyclic) bond motifs is 1. The van der Waals surface area contributed by atoms with E-state index >= 15 is 0 Å². The second kappa shape index (κ2) is 5.89. The first kappa shape index (κ1) is 17.5. The molecule has 1 heterocycles. The van der Waals surface area contributed by atoms with Gasteiger partial charge in [-0.3, -0.25) is 0 Å². The smallest absolute Gasteiger partial charge is 0.361 e. The first-order valence-corrected chi connectivity index (χ1v) is 8.76. The number of nitrogens with one attached hydrogen (secondary N) is 1. The molecule has 3 aromatic rings. The van der Waals surface area contributed by atoms with Crippen molar-refractivity contribution in [3.8, 4) is 11.1 Å². The summed E-state index contributed by atoms with van der Waals surface area (Å²) < 4.78 is 65.6. The minimum Gasteiger partial charge on any atom is -0.361 e. The van der Waals surface area contributed by atoms with E-state index in [0.717, 1.165) is 22.5 Å². The molecule has 8 heteroatoms. The SMILES string of the molecule is CN(C)S(=O)(=O)c1ccc(C(F)(F)F)cc1-c1c[nH]c2ccccc12. The Labute approximate surface area is 142 Å². The molecule has 2 aromatic carbocycles. The summed E-state index contributed by atoms with van der Waals surface area (Å²) in [7, 11) is -1.23. The summed E-state index contributed by atoms with van der Waals surface area (Å²) in [5, 5.41) is 0.650. The second-order valence-corrected chi connectivity index (χ2v) is 7.86. The maximum absolute atomic E-state index is 13.1. The summed E-state index contributed by atoms with van der Waals surface area (Å²) in [6, 6.07) is 9.70. The van der Waals surface area contributed by atoms with Crippen molar-refractivity contribution in [1.82, 2.24) is 9.29 Å². The van der Waals surface area contributed by atoms with Gasteiger partial charge in [-0.15, -0.1) is 0 Å². The van der Waals surface area contributed by atoms with Gasteiger partial charge in [-0.05, 0) is 24.3 Å². The van der Waals surface area contributed by atoms with Gasteiger partial charge in [0.15, 0.2) is 0 Å². The minimum atomic E-state index is -4.57. The lowest BCUT2D eigenvalue weighted by Gasteiger charge is -2.17. The number of nitrogens with zero attached hydrogens (tertiary/aromatic N) is 1. The average Bonchev–Trinajstić information content (AvgIpc) is 2.97. The van der Waals surface area contributed by atoms with Gasteiger partial charge < -0.3 is 4.98 Å². The predicted octanol–water partition coefficient (Wildman–Crippen LogP) is 4.10. The van der Waals surface area contributed by atoms with Crippen LogP contribution in [0.15, 0.2) is 53.6 Å². The lowest BCUT2D eigenvalue weighted by Crippen LogP contribution is -2.23. The summed E-state index contributed by atoms with van der Waals surface area (Å²) in [6.07, 6.45) is -3.05. The van der Waals surface area contributed by atoms with Crippen molar-refractivity contribution in [2.45, 2.75) is 11.1 Å². The number of benzene rings is 2. The highest BCUT2D eigenvalue weighted by molar-refractivity contribution is 7.89. The molecule has 0 atom stereocenters. The van der Waals surface area contributed by atoms with Crippen molar-refractivity contribution in [2.24, 2.45) is 0 Å². The Hall–Kier alpha value is -2.32. The van der Waals surface area contributed by atoms with Crippen molar-refractivity contribution >= 4 is 20.9 Å². The lowest BCUT2D eigenvalue weighted by molar-refractivity contribution is -0.137. The summed E-state index contributed by atoms with van der Waals surface area (Å²) >= 11 is 0. The van der Waals surface area contributed by atoms with Gasteiger partial charge in [0.25, 0.3) is 0 Å². The fourth-order valence-electron chi connectivity index (χ4n) is 2.63. The normalized spacial score (nSPS) is 12.9. The molecule has 0 unspecified atom stereocenters. The van der Waals surface area contributed by atoms with Crippen LogP contribution >= 0.6 is 0 Å². The van der Waals surface area contributed by atoms with Crippen LogP contribution in [-0.2, 0) is 16.2 Å². The Bertz CT molecular complexity index is 1040. The first-order valence-electron chi connectivity index (χ1n) is 7.32. The molecule has 0 fully saturated rings. The summed E-state index contributed by atoms with van der Waals surface area (Å²) in [5.74, 6) is 0. The van der Waals surface area contributed by atoms with E-state index in [1.54, 1.807) is 24.3 Å². The van der Waals surface area contributed by atoms with Gasteiger partial charge in [0.05, 0.1) is 10.5 Å². The van der Waals surface area contributed by atoms with Crippen LogP contribution in [-0.4, -0.2) is 31.8 Å². The fraction of sp³-hybridized carbons (Fsp3) is 0.176. The van der Waals surface area contributed by atoms with Gasteiger partial charge in [0, 0.05) is 42.3 Å². The molecule has 132 valence electrons. The molecular formula is C17H15F3N2O2S. The summed E-state index contributed by atoms with van der Waals surface area (Å²) in [6.45, 7) is 0. The third kappa shape index (κ3) is 3.03. The monoisotopic (exact) mass is 368 g/mol. The second-order valence-electron chi connectivity index (χ2n) is 5.74. The molecule has 0 aliphatic carbocycles. The van der Waals surface area contributed by atoms with Crippen LogP contribution in [0, 0.1) is 0 Å². The summed E-state index contributed by atoms with van der Waals surface area (Å²) in [5.41, 5.74) is 0.233. The average molecular weight is 368 g/mol. The van der Waals surface area contributed by atoms with Crippen LogP contribution < -0.4 is 0 Å². The Balaban J connectivity index is 2.36. The lowest BCUT2D eigenvalue weighted by atomic mass is 10.0. The molecule has 1 N–H and O–H groups in total. The van der Waals surface area contributed by atoms with E-state index in [1.807, 2.05) is 0 Å². The highest BCUT2D eigenvalue weighted by Gasteiger charge is 2.33. The number of rotatable bonds is 3. The predicted molar refractivity (Wildman–Crippen MR) is 89.6 cm³/mol. The van der Waals surface area contributed by atoms with Crippen molar-refractivity contribution in [3.05, 3.63) is 54.2 Å². The largest absolute Gasteiger partial charge is 0.416 e. The maximum Gasteiger partial charge on any atom is 0.416 e. The van der Waals surface area contributed by atoms with Crippen LogP contribution in [0.3, 0.4) is 0 Å². The van der Waals surface area contributed by atoms with E-state index in [1.165, 1.54) is 20.3 Å². The van der Waals surface area contributed by atoms with Crippen molar-refractivity contribution in [3.63, 3.8) is 0 Å². The zero-order valence-electron chi connectivity index (χ0n) is 13.4. The van der Waals surface area contributed by atoms with E-state index < -0.39 is 21.8 Å². The van der Waals surface area contributed by atoms with E-state index in [4.69, 9.17) is 0 Å². The Kier molecular flexibility index (Phi) is 4.12. The molecule has 0 spiro atoms. The van der Waals surface area contributed by atoms with Crippen molar-refractivity contribution < 1.29 is 21.6 Å². The van der Waals surface area contributed by atoms with Gasteiger partial charge in [0.2, 0.25) is 10.0 Å². The van der Waals surface area contributed by atoms with E-state index in [-0.39, 0.29) is 10.5 Å². The maximum atomic E-state index is 13.1. The standard InChI is InChI=1S/C17H15F3N2O2S/c1-22(2)25(23,24)16-8-7-11(17(18,19)20)9-13(16)14-10-21-15-6-4-3-5-12(14)15/h3-10,21H,1-2H3. The van der Waals surface area contributed by atoms with Crippen LogP contribution in [0.25, 0.3) is 22.0 Å². The Morgan fingerprint density at radius 1 is 1.00 bits per heavy atom. The van der Waals surface area contributed by atoms with Crippen LogP contribution in [0.1, 0.15) is 5.56 Å². The van der Waals surface area contributed by atoms with E-state index in [0.29, 0.717) is 16.5 Å². The molecule has 0 aliphatic rings. The molecule has 4 nitrogen and oxygen atoms in total. The topological polar surface area (TPSA) is 53.2 Å². The number of halogens is 3. The molecule has 25 heavy (non-hydrogen) atoms. The quantitative estimate of drug-likeness (QED) is 0.757. The number of aromatic amines is 1. The van der Waals surface area contributed by atoms with Crippen LogP contribution in [0.5, 0.6) is 0 Å². The first-order chi connectivity index (χ1) is 11.6. The Morgan fingerprint density at radius 2 is 1.68 bits per heavy atom. The van der Waals surface area contributed by atoms with Gasteiger partial charge >= 0.3 is 6.18 Å². The molecule has 0 amide bonds. The molecule has 0 aliphatic heterocycles. The Morgan fingerprint density at radius 3 is 2.32 bits per heavy atom. The molecular weight excluding hydrogens is 353 g/mol. The number of hydrogen-bond donors (Lipinski definition) is 1. The fourth-order valence-corrected chi connectivity index (χ4v) is 3.71. The van der Waals surface area contributed by atoms with Gasteiger partial charge in [-0.2, -0.15) is 13.2 Å². The number of para-hydroxylation sites is 1. The van der Waals surface area contributed by atoms with Crippen molar-refractivity contribution in [2.75, 3.05) is 14.1 Å². The number of H-pyrrole nitrogens is 1. The molecule has 0 radical (unpaired) electrons. The third-order valence-electron chi connectivity index (χ3n) is 3.94. The number of hydrogen-bond acceptors (Lipinski definition) is 2. The van der Waals surface area contributed by atoms with Gasteiger partial charge in [-0.1, -0.05) is 18.2 Å². The zero-order valence-corrected chi connectivity index (χ0v) is 14.2. The minimum absolute atomic E-state index is 0.0148. The molecule has 0 saturated carbocycles. The molecule has 0 bridgehead atoms. The number of alkyl halides is 3. The van der Waals surface area contributed by atoms with Crippen LogP contribution in [0.4, 0.5) is 13.2 Å². The number of aromatic nitrogens is 1. The third-order valence-corrected chi connectivity index (χ3v) is 5.82. The van der Waals surface area contributed by atoms with Crippen LogP contribution in [0.2, 0.25) is 0 Å². The number of sulfonamides is 1. The summed E-state index contributed by atoms with van der Waals surface area (Å²) in [4.78, 5) is 2.79.